The van der Waals surface area contributed by atoms with Crippen molar-refractivity contribution in [1.82, 2.24) is 9.80 Å². The van der Waals surface area contributed by atoms with E-state index in [1.54, 1.807) is 4.90 Å². The lowest BCUT2D eigenvalue weighted by atomic mass is 9.46. The molecule has 258 valence electrons. The first kappa shape index (κ1) is 33.0. The zero-order chi connectivity index (χ0) is 32.8. The third-order valence-corrected chi connectivity index (χ3v) is 15.0. The Bertz CT molecular complexity index is 1240. The molecule has 0 aromatic heterocycles. The fourth-order valence-electron chi connectivity index (χ4n) is 12.8. The molecule has 7 rings (SSSR count). The van der Waals surface area contributed by atoms with Crippen molar-refractivity contribution in [2.45, 2.75) is 130 Å². The Balaban J connectivity index is 1.03. The number of nitrogens with zero attached hydrogens (tertiary/aromatic N) is 2. The van der Waals surface area contributed by atoms with Crippen molar-refractivity contribution in [2.24, 2.45) is 45.3 Å². The molecule has 0 aromatic rings. The summed E-state index contributed by atoms with van der Waals surface area (Å²) < 4.78 is 25.6. The van der Waals surface area contributed by atoms with Crippen LogP contribution in [-0.2, 0) is 28.5 Å². The lowest BCUT2D eigenvalue weighted by Gasteiger charge is -2.60. The first-order valence-electron chi connectivity index (χ1n) is 18.4. The zero-order valence-electron chi connectivity index (χ0n) is 29.6. The van der Waals surface area contributed by atoms with Crippen molar-refractivity contribution < 1.29 is 28.5 Å². The minimum Gasteiger partial charge on any atom is -0.455 e. The van der Waals surface area contributed by atoms with Crippen LogP contribution in [0.25, 0.3) is 0 Å². The van der Waals surface area contributed by atoms with Gasteiger partial charge in [-0.05, 0) is 122 Å². The third kappa shape index (κ3) is 5.05. The number of esters is 1. The molecule has 0 bridgehead atoms. The Morgan fingerprint density at radius 1 is 0.978 bits per heavy atom. The number of carbonyl (C=O) groups is 2. The van der Waals surface area contributed by atoms with E-state index in [2.05, 4.69) is 32.3 Å². The van der Waals surface area contributed by atoms with E-state index >= 15 is 0 Å². The van der Waals surface area contributed by atoms with Gasteiger partial charge < -0.3 is 23.8 Å². The van der Waals surface area contributed by atoms with Gasteiger partial charge in [-0.3, -0.25) is 14.5 Å². The number of rotatable bonds is 7. The van der Waals surface area contributed by atoms with E-state index in [4.69, 9.17) is 18.9 Å². The summed E-state index contributed by atoms with van der Waals surface area (Å²) in [7, 11) is 3.64. The van der Waals surface area contributed by atoms with Crippen LogP contribution in [0.2, 0.25) is 0 Å². The van der Waals surface area contributed by atoms with E-state index in [1.165, 1.54) is 45.4 Å². The number of likely N-dealkylation sites (N-methyl/N-ethyl adjacent to an activating group) is 1. The van der Waals surface area contributed by atoms with Crippen molar-refractivity contribution in [2.75, 3.05) is 40.3 Å². The highest BCUT2D eigenvalue weighted by molar-refractivity contribution is 5.77. The monoisotopic (exact) mass is 640 g/mol. The molecule has 46 heavy (non-hydrogen) atoms. The molecule has 12 atom stereocenters. The van der Waals surface area contributed by atoms with Crippen molar-refractivity contribution in [3.8, 4) is 0 Å². The molecular formula is C38H60N2O6. The van der Waals surface area contributed by atoms with Crippen LogP contribution in [0, 0.1) is 45.3 Å². The van der Waals surface area contributed by atoms with Crippen LogP contribution in [0.3, 0.4) is 0 Å². The number of amides is 1. The summed E-state index contributed by atoms with van der Waals surface area (Å²) in [5.74, 6) is 2.67. The Labute approximate surface area is 277 Å². The van der Waals surface area contributed by atoms with Crippen LogP contribution in [0.5, 0.6) is 0 Å². The fraction of sp³-hybridized carbons (Fsp3) is 0.895. The molecule has 0 N–H and O–H groups in total. The maximum Gasteiger partial charge on any atom is 0.303 e. The summed E-state index contributed by atoms with van der Waals surface area (Å²) in [6.07, 6.45) is 12.1. The molecule has 8 heteroatoms. The van der Waals surface area contributed by atoms with Crippen molar-refractivity contribution in [3.05, 3.63) is 12.2 Å². The van der Waals surface area contributed by atoms with E-state index in [1.807, 2.05) is 21.0 Å². The molecule has 0 aromatic carbocycles. The van der Waals surface area contributed by atoms with E-state index in [9.17, 15) is 9.59 Å². The van der Waals surface area contributed by atoms with E-state index in [0.717, 1.165) is 49.6 Å². The van der Waals surface area contributed by atoms with Crippen LogP contribution in [0.15, 0.2) is 12.2 Å². The number of carbonyl (C=O) groups excluding carboxylic acids is 2. The quantitative estimate of drug-likeness (QED) is 0.256. The summed E-state index contributed by atoms with van der Waals surface area (Å²) in [6.45, 7) is 17.6. The minimum atomic E-state index is -0.343. The lowest BCUT2D eigenvalue weighted by molar-refractivity contribution is -0.245. The minimum absolute atomic E-state index is 0.0758. The largest absolute Gasteiger partial charge is 0.455 e. The highest BCUT2D eigenvalue weighted by Gasteiger charge is 2.80. The van der Waals surface area contributed by atoms with Crippen molar-refractivity contribution in [3.63, 3.8) is 0 Å². The fourth-order valence-corrected chi connectivity index (χ4v) is 12.8. The number of ether oxygens (including phenoxy) is 4. The van der Waals surface area contributed by atoms with Gasteiger partial charge in [0, 0.05) is 27.6 Å². The number of hydrogen-bond acceptors (Lipinski definition) is 7. The molecule has 5 saturated carbocycles. The second-order valence-electron chi connectivity index (χ2n) is 17.7. The molecule has 2 aliphatic heterocycles. The lowest BCUT2D eigenvalue weighted by Crippen LogP contribution is -2.56. The van der Waals surface area contributed by atoms with Crippen LogP contribution in [0.1, 0.15) is 98.8 Å². The Hall–Kier alpha value is -1.48. The number of fused-ring (bicyclic) bond motifs is 4. The van der Waals surface area contributed by atoms with Gasteiger partial charge >= 0.3 is 5.97 Å². The van der Waals surface area contributed by atoms with E-state index in [0.29, 0.717) is 47.8 Å². The van der Waals surface area contributed by atoms with E-state index < -0.39 is 0 Å². The molecule has 2 spiro atoms. The molecule has 7 aliphatic rings. The number of morpholine rings is 1. The van der Waals surface area contributed by atoms with Crippen LogP contribution >= 0.6 is 0 Å². The molecule has 5 aliphatic carbocycles. The molecular weight excluding hydrogens is 580 g/mol. The van der Waals surface area contributed by atoms with Gasteiger partial charge in [0.15, 0.2) is 6.29 Å². The summed E-state index contributed by atoms with van der Waals surface area (Å²) in [5.41, 5.74) is 2.25. The molecule has 0 radical (unpaired) electrons. The second kappa shape index (κ2) is 11.6. The normalized spacial score (nSPS) is 46.4. The SMILES string of the molecule is C=C(C)[C@@H](OC(C)=O)C1CCC2C(CC3C4CCC5C(C)(C)[C@@H](OC6CN(CC(=O)N(C)C)CCO6)CC[C@@]56C[C@@]46CC[C@]23C)O1. The van der Waals surface area contributed by atoms with Gasteiger partial charge in [-0.1, -0.05) is 27.4 Å². The van der Waals surface area contributed by atoms with Crippen LogP contribution in [0.4, 0.5) is 0 Å². The average Bonchev–Trinajstić information content (AvgIpc) is 3.57. The predicted molar refractivity (Wildman–Crippen MR) is 176 cm³/mol. The van der Waals surface area contributed by atoms with Gasteiger partial charge in [0.1, 0.15) is 6.10 Å². The molecule has 7 fully saturated rings. The standard InChI is InChI=1S/C38H60N2O6/c1-23(2)34(44-24(3)41)28-11-9-26-29(45-28)19-27-25-10-12-30-35(4,5)31(13-14-38(30)22-37(25,38)16-15-36(26,27)6)46-33-21-40(17-18-43-33)20-32(42)39(7)8/h25-31,33-34H,1,9-22H2,2-8H3/t25?,26?,27?,28?,29?,30?,31-,33?,34+,36+,37-,38+/m0/s1. The summed E-state index contributed by atoms with van der Waals surface area (Å²) in [6, 6.07) is 0. The second-order valence-corrected chi connectivity index (χ2v) is 17.7. The zero-order valence-corrected chi connectivity index (χ0v) is 29.6. The van der Waals surface area contributed by atoms with Gasteiger partial charge in [0.25, 0.3) is 0 Å². The maximum absolute atomic E-state index is 12.4. The van der Waals surface area contributed by atoms with Gasteiger partial charge in [0.2, 0.25) is 5.91 Å². The van der Waals surface area contributed by atoms with Gasteiger partial charge in [-0.25, -0.2) is 0 Å². The van der Waals surface area contributed by atoms with Crippen molar-refractivity contribution in [1.29, 1.82) is 0 Å². The van der Waals surface area contributed by atoms with Gasteiger partial charge in [0.05, 0.1) is 38.0 Å². The highest BCUT2D eigenvalue weighted by Crippen LogP contribution is 2.87. The van der Waals surface area contributed by atoms with Crippen LogP contribution < -0.4 is 0 Å². The first-order chi connectivity index (χ1) is 21.7. The third-order valence-electron chi connectivity index (χ3n) is 15.0. The smallest absolute Gasteiger partial charge is 0.303 e. The summed E-state index contributed by atoms with van der Waals surface area (Å²) in [4.78, 5) is 28.1. The Morgan fingerprint density at radius 3 is 2.46 bits per heavy atom. The van der Waals surface area contributed by atoms with Gasteiger partial charge in [-0.15, -0.1) is 0 Å². The topological polar surface area (TPSA) is 77.5 Å². The maximum atomic E-state index is 12.4. The predicted octanol–water partition coefficient (Wildman–Crippen LogP) is 5.83. The van der Waals surface area contributed by atoms with E-state index in [-0.39, 0.29) is 48.0 Å². The average molecular weight is 641 g/mol. The highest BCUT2D eigenvalue weighted by atomic mass is 16.7. The first-order valence-corrected chi connectivity index (χ1v) is 18.4. The molecule has 2 saturated heterocycles. The Morgan fingerprint density at radius 2 is 1.74 bits per heavy atom. The van der Waals surface area contributed by atoms with Crippen molar-refractivity contribution >= 4 is 11.9 Å². The molecule has 8 nitrogen and oxygen atoms in total. The van der Waals surface area contributed by atoms with Gasteiger partial charge in [-0.2, -0.15) is 0 Å². The summed E-state index contributed by atoms with van der Waals surface area (Å²) >= 11 is 0. The molecule has 1 amide bonds. The molecule has 2 heterocycles. The number of hydrogen-bond donors (Lipinski definition) is 0. The Kier molecular flexibility index (Phi) is 8.30. The molecule has 7 unspecified atom stereocenters. The summed E-state index contributed by atoms with van der Waals surface area (Å²) in [5, 5.41) is 0. The van der Waals surface area contributed by atoms with Crippen LogP contribution in [-0.4, -0.2) is 92.7 Å².